The summed E-state index contributed by atoms with van der Waals surface area (Å²) in [6.07, 6.45) is 3.56. The van der Waals surface area contributed by atoms with Crippen LogP contribution in [0.3, 0.4) is 0 Å². The van der Waals surface area contributed by atoms with Gasteiger partial charge in [0.05, 0.1) is 10.0 Å². The summed E-state index contributed by atoms with van der Waals surface area (Å²) in [6, 6.07) is 15.0. The van der Waals surface area contributed by atoms with E-state index in [2.05, 4.69) is 10.3 Å². The van der Waals surface area contributed by atoms with Gasteiger partial charge in [-0.25, -0.2) is 0 Å². The lowest BCUT2D eigenvalue weighted by Gasteiger charge is -2.13. The van der Waals surface area contributed by atoms with Gasteiger partial charge in [-0.05, 0) is 53.6 Å². The molecule has 134 valence electrons. The molecule has 1 heterocycles. The van der Waals surface area contributed by atoms with Crippen LogP contribution in [-0.4, -0.2) is 4.98 Å². The first-order valence-electron chi connectivity index (χ1n) is 8.06. The van der Waals surface area contributed by atoms with E-state index in [1.54, 1.807) is 24.5 Å². The molecule has 0 aliphatic rings. The minimum Gasteiger partial charge on any atom is -0.489 e. The van der Waals surface area contributed by atoms with Gasteiger partial charge < -0.3 is 10.1 Å². The number of ether oxygens (including phenoxy) is 1. The molecule has 0 bridgehead atoms. The van der Waals surface area contributed by atoms with E-state index < -0.39 is 0 Å². The third-order valence-electron chi connectivity index (χ3n) is 3.79. The molecule has 1 aromatic heterocycles. The molecule has 0 amide bonds. The second-order valence-electron chi connectivity index (χ2n) is 5.75. The Kier molecular flexibility index (Phi) is 6.75. The van der Waals surface area contributed by atoms with Crippen LogP contribution in [0.1, 0.15) is 16.7 Å². The maximum absolute atomic E-state index is 6.14. The summed E-state index contributed by atoms with van der Waals surface area (Å²) in [6.45, 7) is 1.77. The fraction of sp³-hybridized carbons (Fsp3) is 0.150. The predicted octanol–water partition coefficient (Wildman–Crippen LogP) is 5.91. The standard InChI is InChI=1S/C20H17Cl3N2O/c21-17-2-4-20(26-13-15-1-3-18(22)19(23)9-15)16(10-17)12-25-11-14-5-7-24-8-6-14/h1-10,25H,11-13H2. The lowest BCUT2D eigenvalue weighted by molar-refractivity contribution is 0.302. The molecule has 0 aliphatic heterocycles. The zero-order valence-electron chi connectivity index (χ0n) is 13.9. The van der Waals surface area contributed by atoms with Crippen molar-refractivity contribution in [3.05, 3.63) is 92.7 Å². The van der Waals surface area contributed by atoms with Gasteiger partial charge in [-0.1, -0.05) is 40.9 Å². The minimum atomic E-state index is 0.399. The van der Waals surface area contributed by atoms with Gasteiger partial charge >= 0.3 is 0 Å². The molecule has 0 fully saturated rings. The minimum absolute atomic E-state index is 0.399. The number of halogens is 3. The third kappa shape index (κ3) is 5.36. The summed E-state index contributed by atoms with van der Waals surface area (Å²) in [5.74, 6) is 0.780. The van der Waals surface area contributed by atoms with Crippen molar-refractivity contribution in [2.45, 2.75) is 19.7 Å². The summed E-state index contributed by atoms with van der Waals surface area (Å²) in [5, 5.41) is 5.12. The number of aromatic nitrogens is 1. The molecule has 0 aliphatic carbocycles. The maximum atomic E-state index is 6.14. The average Bonchev–Trinajstić information content (AvgIpc) is 2.65. The molecule has 2 aromatic carbocycles. The van der Waals surface area contributed by atoms with E-state index in [4.69, 9.17) is 39.5 Å². The lowest BCUT2D eigenvalue weighted by Crippen LogP contribution is -2.13. The van der Waals surface area contributed by atoms with Crippen molar-refractivity contribution in [3.8, 4) is 5.75 Å². The molecule has 6 heteroatoms. The zero-order chi connectivity index (χ0) is 18.4. The zero-order valence-corrected chi connectivity index (χ0v) is 16.2. The van der Waals surface area contributed by atoms with Crippen LogP contribution < -0.4 is 10.1 Å². The van der Waals surface area contributed by atoms with Gasteiger partial charge in [-0.15, -0.1) is 0 Å². The van der Waals surface area contributed by atoms with E-state index in [0.29, 0.717) is 28.2 Å². The monoisotopic (exact) mass is 406 g/mol. The smallest absolute Gasteiger partial charge is 0.124 e. The highest BCUT2D eigenvalue weighted by Gasteiger charge is 2.07. The van der Waals surface area contributed by atoms with Gasteiger partial charge in [0.2, 0.25) is 0 Å². The SMILES string of the molecule is Clc1ccc(OCc2ccc(Cl)c(Cl)c2)c(CNCc2ccncc2)c1. The highest BCUT2D eigenvalue weighted by Crippen LogP contribution is 2.26. The number of hydrogen-bond donors (Lipinski definition) is 1. The van der Waals surface area contributed by atoms with Crippen LogP contribution in [0.2, 0.25) is 15.1 Å². The Hall–Kier alpha value is -1.78. The quantitative estimate of drug-likeness (QED) is 0.528. The van der Waals surface area contributed by atoms with Gasteiger partial charge in [-0.3, -0.25) is 4.98 Å². The molecule has 0 radical (unpaired) electrons. The van der Waals surface area contributed by atoms with Crippen molar-refractivity contribution >= 4 is 34.8 Å². The molecule has 0 spiro atoms. The molecule has 3 nitrogen and oxygen atoms in total. The first-order chi connectivity index (χ1) is 12.6. The molecule has 0 unspecified atom stereocenters. The third-order valence-corrected chi connectivity index (χ3v) is 4.77. The van der Waals surface area contributed by atoms with Crippen LogP contribution in [0.4, 0.5) is 0 Å². The Morgan fingerprint density at radius 1 is 0.808 bits per heavy atom. The van der Waals surface area contributed by atoms with E-state index >= 15 is 0 Å². The van der Waals surface area contributed by atoms with Crippen molar-refractivity contribution < 1.29 is 4.74 Å². The normalized spacial score (nSPS) is 10.7. The van der Waals surface area contributed by atoms with Gasteiger partial charge in [-0.2, -0.15) is 0 Å². The summed E-state index contributed by atoms with van der Waals surface area (Å²) >= 11 is 18.1. The molecule has 0 atom stereocenters. The first kappa shape index (κ1) is 19.0. The molecule has 1 N–H and O–H groups in total. The lowest BCUT2D eigenvalue weighted by atomic mass is 10.2. The first-order valence-corrected chi connectivity index (χ1v) is 9.20. The van der Waals surface area contributed by atoms with E-state index in [1.165, 1.54) is 5.56 Å². The van der Waals surface area contributed by atoms with Crippen molar-refractivity contribution in [1.29, 1.82) is 0 Å². The highest BCUT2D eigenvalue weighted by atomic mass is 35.5. The summed E-state index contributed by atoms with van der Waals surface area (Å²) < 4.78 is 5.97. The average molecular weight is 408 g/mol. The maximum Gasteiger partial charge on any atom is 0.124 e. The number of pyridine rings is 1. The molecular weight excluding hydrogens is 391 g/mol. The largest absolute Gasteiger partial charge is 0.489 e. The summed E-state index contributed by atoms with van der Waals surface area (Å²) in [7, 11) is 0. The molecular formula is C20H17Cl3N2O. The van der Waals surface area contributed by atoms with Crippen LogP contribution in [0.5, 0.6) is 5.75 Å². The van der Waals surface area contributed by atoms with Gasteiger partial charge in [0.1, 0.15) is 12.4 Å². The number of rotatable bonds is 7. The number of nitrogens with zero attached hydrogens (tertiary/aromatic N) is 1. The molecule has 3 rings (SSSR count). The van der Waals surface area contributed by atoms with E-state index in [0.717, 1.165) is 23.4 Å². The summed E-state index contributed by atoms with van der Waals surface area (Å²) in [5.41, 5.74) is 3.11. The number of nitrogens with one attached hydrogen (secondary N) is 1. The van der Waals surface area contributed by atoms with Crippen LogP contribution in [0.25, 0.3) is 0 Å². The van der Waals surface area contributed by atoms with E-state index in [9.17, 15) is 0 Å². The van der Waals surface area contributed by atoms with Crippen LogP contribution in [0, 0.1) is 0 Å². The Morgan fingerprint density at radius 2 is 1.62 bits per heavy atom. The summed E-state index contributed by atoms with van der Waals surface area (Å²) in [4.78, 5) is 4.02. The molecule has 26 heavy (non-hydrogen) atoms. The Labute approximate surface area is 167 Å². The van der Waals surface area contributed by atoms with Crippen LogP contribution in [0.15, 0.2) is 60.9 Å². The Morgan fingerprint density at radius 3 is 2.38 bits per heavy atom. The van der Waals surface area contributed by atoms with Crippen molar-refractivity contribution in [2.75, 3.05) is 0 Å². The van der Waals surface area contributed by atoms with E-state index in [-0.39, 0.29) is 0 Å². The van der Waals surface area contributed by atoms with Crippen molar-refractivity contribution in [3.63, 3.8) is 0 Å². The van der Waals surface area contributed by atoms with Gasteiger partial charge in [0.15, 0.2) is 0 Å². The van der Waals surface area contributed by atoms with Crippen molar-refractivity contribution in [2.24, 2.45) is 0 Å². The molecule has 0 saturated heterocycles. The topological polar surface area (TPSA) is 34.1 Å². The second-order valence-corrected chi connectivity index (χ2v) is 7.00. The highest BCUT2D eigenvalue weighted by molar-refractivity contribution is 6.42. The van der Waals surface area contributed by atoms with Gasteiger partial charge in [0, 0.05) is 36.1 Å². The predicted molar refractivity (Wildman–Crippen MR) is 107 cm³/mol. The molecule has 3 aromatic rings. The van der Waals surface area contributed by atoms with Crippen LogP contribution >= 0.6 is 34.8 Å². The van der Waals surface area contributed by atoms with Gasteiger partial charge in [0.25, 0.3) is 0 Å². The Balaban J connectivity index is 1.64. The van der Waals surface area contributed by atoms with E-state index in [1.807, 2.05) is 36.4 Å². The second kappa shape index (κ2) is 9.24. The Bertz CT molecular complexity index is 872. The molecule has 0 saturated carbocycles. The van der Waals surface area contributed by atoms with Crippen molar-refractivity contribution in [1.82, 2.24) is 10.3 Å². The number of benzene rings is 2. The number of hydrogen-bond acceptors (Lipinski definition) is 3. The fourth-order valence-electron chi connectivity index (χ4n) is 2.46. The van der Waals surface area contributed by atoms with Crippen LogP contribution in [-0.2, 0) is 19.7 Å². The fourth-order valence-corrected chi connectivity index (χ4v) is 2.98.